The number of nitrogens with two attached hydrogens (primary N) is 1. The highest BCUT2D eigenvalue weighted by molar-refractivity contribution is 7.99. The molecule has 0 radical (unpaired) electrons. The number of likely N-dealkylation sites (tertiary alicyclic amines) is 1. The number of rotatable bonds is 4. The van der Waals surface area contributed by atoms with E-state index in [1.807, 2.05) is 23.1 Å². The minimum Gasteiger partial charge on any atom is -0.341 e. The number of hydrogen-bond donors (Lipinski definition) is 1. The molecule has 0 spiro atoms. The summed E-state index contributed by atoms with van der Waals surface area (Å²) in [6.07, 6.45) is 2.68. The molecule has 110 valence electrons. The van der Waals surface area contributed by atoms with Crippen LogP contribution in [0.2, 0.25) is 0 Å². The standard InChI is InChI=1S/C15H23N3OS/c1-15(2)11-18(8-6-13(15)16)14(19)10-20-9-12-5-3-4-7-17-12/h3-5,7,13H,6,8-11,16H2,1-2H3. The van der Waals surface area contributed by atoms with Gasteiger partial charge in [0.2, 0.25) is 5.91 Å². The summed E-state index contributed by atoms with van der Waals surface area (Å²) in [7, 11) is 0. The highest BCUT2D eigenvalue weighted by Crippen LogP contribution is 2.28. The Kier molecular flexibility index (Phi) is 5.05. The van der Waals surface area contributed by atoms with Crippen molar-refractivity contribution in [1.82, 2.24) is 9.88 Å². The van der Waals surface area contributed by atoms with Gasteiger partial charge in [-0.15, -0.1) is 11.8 Å². The Balaban J connectivity index is 1.78. The Morgan fingerprint density at radius 1 is 1.55 bits per heavy atom. The molecule has 1 atom stereocenters. The summed E-state index contributed by atoms with van der Waals surface area (Å²) in [4.78, 5) is 18.4. The molecule has 1 amide bonds. The fourth-order valence-corrected chi connectivity index (χ4v) is 3.24. The molecule has 1 unspecified atom stereocenters. The number of amides is 1. The molecule has 4 nitrogen and oxygen atoms in total. The van der Waals surface area contributed by atoms with Gasteiger partial charge in [-0.1, -0.05) is 19.9 Å². The van der Waals surface area contributed by atoms with Gasteiger partial charge in [-0.25, -0.2) is 0 Å². The number of hydrogen-bond acceptors (Lipinski definition) is 4. The predicted molar refractivity (Wildman–Crippen MR) is 83.4 cm³/mol. The second kappa shape index (κ2) is 6.59. The van der Waals surface area contributed by atoms with Gasteiger partial charge in [0.1, 0.15) is 0 Å². The van der Waals surface area contributed by atoms with Crippen LogP contribution in [0.5, 0.6) is 0 Å². The van der Waals surface area contributed by atoms with Gasteiger partial charge in [0.15, 0.2) is 0 Å². The molecule has 1 aromatic heterocycles. The van der Waals surface area contributed by atoms with Crippen molar-refractivity contribution in [3.8, 4) is 0 Å². The van der Waals surface area contributed by atoms with E-state index >= 15 is 0 Å². The van der Waals surface area contributed by atoms with Gasteiger partial charge in [-0.2, -0.15) is 0 Å². The molecule has 0 saturated carbocycles. The first kappa shape index (κ1) is 15.3. The Morgan fingerprint density at radius 2 is 2.35 bits per heavy atom. The second-order valence-corrected chi connectivity index (χ2v) is 7.00. The molecule has 2 heterocycles. The summed E-state index contributed by atoms with van der Waals surface area (Å²) < 4.78 is 0. The van der Waals surface area contributed by atoms with E-state index in [-0.39, 0.29) is 17.4 Å². The fourth-order valence-electron chi connectivity index (χ4n) is 2.40. The Morgan fingerprint density at radius 3 is 3.00 bits per heavy atom. The van der Waals surface area contributed by atoms with Gasteiger partial charge in [0.05, 0.1) is 11.4 Å². The monoisotopic (exact) mass is 293 g/mol. The molecule has 2 N–H and O–H groups in total. The van der Waals surface area contributed by atoms with Crippen LogP contribution >= 0.6 is 11.8 Å². The average molecular weight is 293 g/mol. The quantitative estimate of drug-likeness (QED) is 0.921. The van der Waals surface area contributed by atoms with E-state index in [0.717, 1.165) is 31.0 Å². The molecule has 5 heteroatoms. The van der Waals surface area contributed by atoms with Crippen LogP contribution in [0.1, 0.15) is 26.0 Å². The van der Waals surface area contributed by atoms with Crippen molar-refractivity contribution in [3.05, 3.63) is 30.1 Å². The summed E-state index contributed by atoms with van der Waals surface area (Å²) in [6.45, 7) is 5.82. The average Bonchev–Trinajstić information content (AvgIpc) is 2.43. The van der Waals surface area contributed by atoms with E-state index in [4.69, 9.17) is 5.73 Å². The van der Waals surface area contributed by atoms with Crippen molar-refractivity contribution >= 4 is 17.7 Å². The van der Waals surface area contributed by atoms with Crippen molar-refractivity contribution < 1.29 is 4.79 Å². The summed E-state index contributed by atoms with van der Waals surface area (Å²) in [5, 5.41) is 0. The zero-order valence-electron chi connectivity index (χ0n) is 12.2. The molecule has 0 aliphatic carbocycles. The van der Waals surface area contributed by atoms with Crippen LogP contribution < -0.4 is 5.73 Å². The number of carbonyl (C=O) groups is 1. The van der Waals surface area contributed by atoms with E-state index in [2.05, 4.69) is 18.8 Å². The zero-order chi connectivity index (χ0) is 14.6. The first-order valence-electron chi connectivity index (χ1n) is 7.00. The van der Waals surface area contributed by atoms with Crippen LogP contribution in [0, 0.1) is 5.41 Å². The van der Waals surface area contributed by atoms with E-state index in [1.54, 1.807) is 18.0 Å². The number of pyridine rings is 1. The van der Waals surface area contributed by atoms with E-state index in [0.29, 0.717) is 5.75 Å². The second-order valence-electron chi connectivity index (χ2n) is 6.01. The molecular weight excluding hydrogens is 270 g/mol. The zero-order valence-corrected chi connectivity index (χ0v) is 13.0. The molecule has 1 saturated heterocycles. The van der Waals surface area contributed by atoms with Crippen LogP contribution in [-0.2, 0) is 10.5 Å². The SMILES string of the molecule is CC1(C)CN(C(=O)CSCc2ccccn2)CCC1N. The third-order valence-corrected chi connectivity index (χ3v) is 4.82. The van der Waals surface area contributed by atoms with Gasteiger partial charge in [0.25, 0.3) is 0 Å². The molecule has 2 rings (SSSR count). The van der Waals surface area contributed by atoms with E-state index in [1.165, 1.54) is 0 Å². The third-order valence-electron chi connectivity index (χ3n) is 3.87. The molecule has 0 aromatic carbocycles. The highest BCUT2D eigenvalue weighted by atomic mass is 32.2. The van der Waals surface area contributed by atoms with Crippen molar-refractivity contribution in [3.63, 3.8) is 0 Å². The van der Waals surface area contributed by atoms with Crippen LogP contribution in [-0.4, -0.2) is 40.7 Å². The van der Waals surface area contributed by atoms with Crippen LogP contribution in [0.4, 0.5) is 0 Å². The smallest absolute Gasteiger partial charge is 0.232 e. The van der Waals surface area contributed by atoms with Gasteiger partial charge in [0, 0.05) is 31.1 Å². The molecule has 0 bridgehead atoms. The highest BCUT2D eigenvalue weighted by Gasteiger charge is 2.35. The van der Waals surface area contributed by atoms with Crippen LogP contribution in [0.3, 0.4) is 0 Å². The minimum absolute atomic E-state index is 0.0135. The van der Waals surface area contributed by atoms with Crippen molar-refractivity contribution in [1.29, 1.82) is 0 Å². The number of thioether (sulfide) groups is 1. The molecule has 1 aromatic rings. The largest absolute Gasteiger partial charge is 0.341 e. The Labute approximate surface area is 125 Å². The number of nitrogens with zero attached hydrogens (tertiary/aromatic N) is 2. The van der Waals surface area contributed by atoms with Crippen LogP contribution in [0.15, 0.2) is 24.4 Å². The lowest BCUT2D eigenvalue weighted by molar-refractivity contribution is -0.131. The first-order chi connectivity index (χ1) is 9.49. The molecule has 1 aliphatic heterocycles. The lowest BCUT2D eigenvalue weighted by Gasteiger charge is -2.42. The van der Waals surface area contributed by atoms with Gasteiger partial charge < -0.3 is 10.6 Å². The summed E-state index contributed by atoms with van der Waals surface area (Å²) >= 11 is 1.62. The maximum atomic E-state index is 12.2. The van der Waals surface area contributed by atoms with Gasteiger partial charge >= 0.3 is 0 Å². The Hall–Kier alpha value is -1.07. The normalized spacial score (nSPS) is 21.8. The lowest BCUT2D eigenvalue weighted by atomic mass is 9.80. The number of piperidine rings is 1. The molecule has 20 heavy (non-hydrogen) atoms. The van der Waals surface area contributed by atoms with Crippen molar-refractivity contribution in [2.75, 3.05) is 18.8 Å². The van der Waals surface area contributed by atoms with Gasteiger partial charge in [-0.3, -0.25) is 9.78 Å². The molecular formula is C15H23N3OS. The number of aromatic nitrogens is 1. The third kappa shape index (κ3) is 3.96. The maximum absolute atomic E-state index is 12.2. The summed E-state index contributed by atoms with van der Waals surface area (Å²) in [6, 6.07) is 6.05. The lowest BCUT2D eigenvalue weighted by Crippen LogP contribution is -2.54. The van der Waals surface area contributed by atoms with E-state index in [9.17, 15) is 4.79 Å². The minimum atomic E-state index is 0.0135. The molecule has 1 aliphatic rings. The maximum Gasteiger partial charge on any atom is 0.232 e. The summed E-state index contributed by atoms with van der Waals surface area (Å²) in [5.74, 6) is 1.51. The topological polar surface area (TPSA) is 59.2 Å². The van der Waals surface area contributed by atoms with Crippen LogP contribution in [0.25, 0.3) is 0 Å². The molecule has 1 fully saturated rings. The predicted octanol–water partition coefficient (Wildman–Crippen LogP) is 1.90. The van der Waals surface area contributed by atoms with Gasteiger partial charge in [-0.05, 0) is 24.0 Å². The summed E-state index contributed by atoms with van der Waals surface area (Å²) in [5.41, 5.74) is 7.13. The van der Waals surface area contributed by atoms with E-state index < -0.39 is 0 Å². The Bertz CT molecular complexity index is 450. The van der Waals surface area contributed by atoms with Crippen molar-refractivity contribution in [2.24, 2.45) is 11.1 Å². The first-order valence-corrected chi connectivity index (χ1v) is 8.15. The van der Waals surface area contributed by atoms with Crippen molar-refractivity contribution in [2.45, 2.75) is 32.1 Å². The fraction of sp³-hybridized carbons (Fsp3) is 0.600. The number of carbonyl (C=O) groups excluding carboxylic acids is 1.